The van der Waals surface area contributed by atoms with Crippen molar-refractivity contribution in [1.82, 2.24) is 4.98 Å². The van der Waals surface area contributed by atoms with E-state index >= 15 is 0 Å². The van der Waals surface area contributed by atoms with E-state index in [0.29, 0.717) is 5.13 Å². The zero-order chi connectivity index (χ0) is 26.2. The van der Waals surface area contributed by atoms with Crippen LogP contribution in [0.5, 0.6) is 0 Å². The molecule has 0 fully saturated rings. The molecule has 0 spiro atoms. The van der Waals surface area contributed by atoms with E-state index in [1.165, 1.54) is 11.3 Å². The number of esters is 1. The van der Waals surface area contributed by atoms with E-state index in [1.54, 1.807) is 0 Å². The molecule has 0 aliphatic carbocycles. The lowest BCUT2D eigenvalue weighted by Crippen LogP contribution is -2.22. The maximum atomic E-state index is 12.7. The topological polar surface area (TPSA) is 68.3 Å². The SMILES string of the molecule is O=C(COC(=O)CC(c1ccccc1)c1ccccc1)Nc1nc(-c2ccc(-c3ccccc3)cc2)cs1. The third-order valence-corrected chi connectivity index (χ3v) is 6.93. The predicted molar refractivity (Wildman–Crippen MR) is 152 cm³/mol. The fourth-order valence-corrected chi connectivity index (χ4v) is 4.99. The first-order valence-corrected chi connectivity index (χ1v) is 13.2. The van der Waals surface area contributed by atoms with Gasteiger partial charge < -0.3 is 4.74 Å². The van der Waals surface area contributed by atoms with Gasteiger partial charge in [0.05, 0.1) is 12.1 Å². The molecule has 4 aromatic carbocycles. The number of amides is 1. The van der Waals surface area contributed by atoms with Crippen LogP contribution in [0.25, 0.3) is 22.4 Å². The average Bonchev–Trinajstić information content (AvgIpc) is 3.44. The Morgan fingerprint density at radius 3 is 1.84 bits per heavy atom. The molecule has 1 N–H and O–H groups in total. The molecule has 0 unspecified atom stereocenters. The van der Waals surface area contributed by atoms with Gasteiger partial charge in [0, 0.05) is 16.9 Å². The van der Waals surface area contributed by atoms with E-state index in [4.69, 9.17) is 4.74 Å². The highest BCUT2D eigenvalue weighted by molar-refractivity contribution is 7.14. The summed E-state index contributed by atoms with van der Waals surface area (Å²) in [5.74, 6) is -1.01. The Labute approximate surface area is 225 Å². The average molecular weight is 519 g/mol. The van der Waals surface area contributed by atoms with E-state index in [0.717, 1.165) is 33.5 Å². The number of ether oxygens (including phenoxy) is 1. The molecule has 0 radical (unpaired) electrons. The molecule has 1 heterocycles. The Balaban J connectivity index is 1.16. The van der Waals surface area contributed by atoms with Crippen LogP contribution in [0.4, 0.5) is 5.13 Å². The highest BCUT2D eigenvalue weighted by atomic mass is 32.1. The molecule has 5 rings (SSSR count). The molecule has 0 saturated heterocycles. The first-order valence-electron chi connectivity index (χ1n) is 12.3. The zero-order valence-corrected chi connectivity index (χ0v) is 21.4. The van der Waals surface area contributed by atoms with Gasteiger partial charge in [-0.05, 0) is 22.3 Å². The largest absolute Gasteiger partial charge is 0.456 e. The van der Waals surface area contributed by atoms with Crippen LogP contribution in [0.15, 0.2) is 121 Å². The molecule has 0 saturated carbocycles. The van der Waals surface area contributed by atoms with Gasteiger partial charge in [0.1, 0.15) is 0 Å². The summed E-state index contributed by atoms with van der Waals surface area (Å²) in [4.78, 5) is 29.7. The monoisotopic (exact) mass is 518 g/mol. The summed E-state index contributed by atoms with van der Waals surface area (Å²) >= 11 is 1.33. The summed E-state index contributed by atoms with van der Waals surface area (Å²) < 4.78 is 5.32. The number of hydrogen-bond donors (Lipinski definition) is 1. The molecular formula is C32H26N2O3S. The highest BCUT2D eigenvalue weighted by Gasteiger charge is 2.20. The molecule has 1 amide bonds. The molecule has 0 atom stereocenters. The van der Waals surface area contributed by atoms with Crippen LogP contribution in [0.1, 0.15) is 23.5 Å². The Bertz CT molecular complexity index is 1450. The summed E-state index contributed by atoms with van der Waals surface area (Å²) in [5, 5.41) is 5.08. The number of anilines is 1. The van der Waals surface area contributed by atoms with Crippen LogP contribution >= 0.6 is 11.3 Å². The Kier molecular flexibility index (Phi) is 8.01. The van der Waals surface area contributed by atoms with Gasteiger partial charge in [0.25, 0.3) is 5.91 Å². The smallest absolute Gasteiger partial charge is 0.307 e. The maximum Gasteiger partial charge on any atom is 0.307 e. The molecule has 0 bridgehead atoms. The molecule has 1 aromatic heterocycles. The van der Waals surface area contributed by atoms with Gasteiger partial charge in [-0.1, -0.05) is 115 Å². The molecule has 5 aromatic rings. The molecule has 5 nitrogen and oxygen atoms in total. The van der Waals surface area contributed by atoms with Crippen LogP contribution < -0.4 is 5.32 Å². The first kappa shape index (κ1) is 25.1. The minimum absolute atomic E-state index is 0.141. The van der Waals surface area contributed by atoms with Crippen LogP contribution in [-0.2, 0) is 14.3 Å². The number of rotatable bonds is 9. The Morgan fingerprint density at radius 2 is 1.24 bits per heavy atom. The van der Waals surface area contributed by atoms with Crippen molar-refractivity contribution in [2.24, 2.45) is 0 Å². The second-order valence-corrected chi connectivity index (χ2v) is 9.63. The summed E-state index contributed by atoms with van der Waals surface area (Å²) in [7, 11) is 0. The van der Waals surface area contributed by atoms with Crippen LogP contribution in [-0.4, -0.2) is 23.5 Å². The summed E-state index contributed by atoms with van der Waals surface area (Å²) in [5.41, 5.74) is 6.05. The Morgan fingerprint density at radius 1 is 0.711 bits per heavy atom. The first-order chi connectivity index (χ1) is 18.7. The number of hydrogen-bond acceptors (Lipinski definition) is 5. The minimum Gasteiger partial charge on any atom is -0.456 e. The lowest BCUT2D eigenvalue weighted by atomic mass is 9.89. The molecule has 38 heavy (non-hydrogen) atoms. The van der Waals surface area contributed by atoms with Crippen molar-refractivity contribution < 1.29 is 14.3 Å². The van der Waals surface area contributed by atoms with Crippen LogP contribution in [0.2, 0.25) is 0 Å². The number of thiazole rings is 1. The second kappa shape index (κ2) is 12.1. The van der Waals surface area contributed by atoms with Gasteiger partial charge in [-0.2, -0.15) is 0 Å². The fourth-order valence-electron chi connectivity index (χ4n) is 4.25. The van der Waals surface area contributed by atoms with Crippen LogP contribution in [0, 0.1) is 0 Å². The van der Waals surface area contributed by atoms with Gasteiger partial charge in [-0.3, -0.25) is 14.9 Å². The maximum absolute atomic E-state index is 12.7. The van der Waals surface area contributed by atoms with E-state index in [-0.39, 0.29) is 18.9 Å². The van der Waals surface area contributed by atoms with Crippen molar-refractivity contribution in [1.29, 1.82) is 0 Å². The predicted octanol–water partition coefficient (Wildman–Crippen LogP) is 7.18. The van der Waals surface area contributed by atoms with Crippen LogP contribution in [0.3, 0.4) is 0 Å². The number of benzene rings is 4. The number of aromatic nitrogens is 1. The summed E-state index contributed by atoms with van der Waals surface area (Å²) in [6, 6.07) is 38.0. The van der Waals surface area contributed by atoms with Gasteiger partial charge in [0.15, 0.2) is 11.7 Å². The molecule has 6 heteroatoms. The standard InChI is InChI=1S/C32H26N2O3S/c35-30(21-37-31(36)20-28(25-12-6-2-7-13-25)26-14-8-3-9-15-26)34-32-33-29(22-38-32)27-18-16-24(17-19-27)23-10-4-1-5-11-23/h1-19,22,28H,20-21H2,(H,33,34,35). The highest BCUT2D eigenvalue weighted by Crippen LogP contribution is 2.29. The van der Waals surface area contributed by atoms with Crippen molar-refractivity contribution in [2.75, 3.05) is 11.9 Å². The molecule has 0 aliphatic heterocycles. The van der Waals surface area contributed by atoms with E-state index in [9.17, 15) is 9.59 Å². The number of nitrogens with one attached hydrogen (secondary N) is 1. The third-order valence-electron chi connectivity index (χ3n) is 6.18. The van der Waals surface area contributed by atoms with Gasteiger partial charge >= 0.3 is 5.97 Å². The second-order valence-electron chi connectivity index (χ2n) is 8.77. The third kappa shape index (κ3) is 6.41. The summed E-state index contributed by atoms with van der Waals surface area (Å²) in [6.07, 6.45) is 0.141. The number of carbonyl (C=O) groups is 2. The van der Waals surface area contributed by atoms with Crippen molar-refractivity contribution in [2.45, 2.75) is 12.3 Å². The van der Waals surface area contributed by atoms with E-state index < -0.39 is 11.9 Å². The van der Waals surface area contributed by atoms with Crippen molar-refractivity contribution in [3.63, 3.8) is 0 Å². The van der Waals surface area contributed by atoms with E-state index in [2.05, 4.69) is 34.6 Å². The number of nitrogens with zero attached hydrogens (tertiary/aromatic N) is 1. The lowest BCUT2D eigenvalue weighted by Gasteiger charge is -2.17. The normalized spacial score (nSPS) is 10.8. The number of carbonyl (C=O) groups excluding carboxylic acids is 2. The summed E-state index contributed by atoms with van der Waals surface area (Å²) in [6.45, 7) is -0.365. The van der Waals surface area contributed by atoms with Gasteiger partial charge in [-0.15, -0.1) is 11.3 Å². The molecule has 0 aliphatic rings. The molecule has 188 valence electrons. The van der Waals surface area contributed by atoms with E-state index in [1.807, 2.05) is 96.4 Å². The fraction of sp³-hybridized carbons (Fsp3) is 0.0938. The Hall–Kier alpha value is -4.55. The minimum atomic E-state index is -0.434. The van der Waals surface area contributed by atoms with Gasteiger partial charge in [-0.25, -0.2) is 4.98 Å². The van der Waals surface area contributed by atoms with Crippen molar-refractivity contribution in [3.8, 4) is 22.4 Å². The quantitative estimate of drug-likeness (QED) is 0.210. The molecular weight excluding hydrogens is 492 g/mol. The van der Waals surface area contributed by atoms with Crippen molar-refractivity contribution in [3.05, 3.63) is 132 Å². The van der Waals surface area contributed by atoms with Gasteiger partial charge in [0.2, 0.25) is 0 Å². The zero-order valence-electron chi connectivity index (χ0n) is 20.6. The van der Waals surface area contributed by atoms with Crippen molar-refractivity contribution >= 4 is 28.3 Å². The lowest BCUT2D eigenvalue weighted by molar-refractivity contribution is -0.147.